The summed E-state index contributed by atoms with van der Waals surface area (Å²) in [6.45, 7) is 6.96. The lowest BCUT2D eigenvalue weighted by Crippen LogP contribution is -2.41. The first-order valence-electron chi connectivity index (χ1n) is 5.75. The molecule has 1 heterocycles. The Balaban J connectivity index is 2.49. The summed E-state index contributed by atoms with van der Waals surface area (Å²) in [6.07, 6.45) is 4.88. The van der Waals surface area contributed by atoms with E-state index in [0.29, 0.717) is 18.1 Å². The van der Waals surface area contributed by atoms with Crippen LogP contribution in [0.25, 0.3) is 0 Å². The van der Waals surface area contributed by atoms with E-state index in [1.165, 1.54) is 0 Å². The summed E-state index contributed by atoms with van der Waals surface area (Å²) in [5.74, 6) is 0.788. The van der Waals surface area contributed by atoms with Crippen LogP contribution in [0.2, 0.25) is 0 Å². The molecule has 0 saturated carbocycles. The smallest absolute Gasteiger partial charge is 0.164 e. The minimum absolute atomic E-state index is 0.298. The fourth-order valence-electron chi connectivity index (χ4n) is 1.83. The fourth-order valence-corrected chi connectivity index (χ4v) is 1.83. The van der Waals surface area contributed by atoms with Gasteiger partial charge in [0.1, 0.15) is 5.60 Å². The standard InChI is InChI=1S/C12H22O2/c1-4-10(2)9-11(13)12(3)7-5-6-8-14-12/h10H,4-9H2,1-3H3. The van der Waals surface area contributed by atoms with Gasteiger partial charge in [-0.05, 0) is 32.1 Å². The molecule has 2 unspecified atom stereocenters. The quantitative estimate of drug-likeness (QED) is 0.694. The van der Waals surface area contributed by atoms with Gasteiger partial charge in [0, 0.05) is 13.0 Å². The van der Waals surface area contributed by atoms with E-state index in [2.05, 4.69) is 13.8 Å². The van der Waals surface area contributed by atoms with E-state index < -0.39 is 5.60 Å². The molecule has 1 fully saturated rings. The van der Waals surface area contributed by atoms with E-state index in [4.69, 9.17) is 4.74 Å². The van der Waals surface area contributed by atoms with Crippen LogP contribution in [-0.4, -0.2) is 18.0 Å². The first-order chi connectivity index (χ1) is 6.58. The van der Waals surface area contributed by atoms with Crippen LogP contribution >= 0.6 is 0 Å². The van der Waals surface area contributed by atoms with Crippen LogP contribution in [0, 0.1) is 5.92 Å². The van der Waals surface area contributed by atoms with E-state index in [0.717, 1.165) is 32.3 Å². The number of Topliss-reactive ketones (excluding diaryl/α,β-unsaturated/α-hetero) is 1. The zero-order valence-corrected chi connectivity index (χ0v) is 9.64. The number of ether oxygens (including phenoxy) is 1. The molecular formula is C12H22O2. The van der Waals surface area contributed by atoms with E-state index in [9.17, 15) is 4.79 Å². The SMILES string of the molecule is CCC(C)CC(=O)C1(C)CCCCO1. The van der Waals surface area contributed by atoms with Crippen molar-refractivity contribution >= 4 is 5.78 Å². The van der Waals surface area contributed by atoms with Gasteiger partial charge in [0.15, 0.2) is 5.78 Å². The molecule has 0 spiro atoms. The van der Waals surface area contributed by atoms with Crippen molar-refractivity contribution in [3.8, 4) is 0 Å². The molecule has 0 aliphatic carbocycles. The number of hydrogen-bond donors (Lipinski definition) is 0. The molecule has 1 aliphatic rings. The summed E-state index contributed by atoms with van der Waals surface area (Å²) in [4.78, 5) is 12.0. The zero-order valence-electron chi connectivity index (χ0n) is 9.64. The highest BCUT2D eigenvalue weighted by Crippen LogP contribution is 2.28. The second-order valence-electron chi connectivity index (χ2n) is 4.68. The monoisotopic (exact) mass is 198 g/mol. The lowest BCUT2D eigenvalue weighted by molar-refractivity contribution is -0.148. The van der Waals surface area contributed by atoms with Crippen LogP contribution in [0.4, 0.5) is 0 Å². The van der Waals surface area contributed by atoms with E-state index in [1.54, 1.807) is 0 Å². The maximum Gasteiger partial charge on any atom is 0.164 e. The van der Waals surface area contributed by atoms with Gasteiger partial charge in [-0.2, -0.15) is 0 Å². The van der Waals surface area contributed by atoms with Gasteiger partial charge in [0.25, 0.3) is 0 Å². The maximum atomic E-state index is 12.0. The van der Waals surface area contributed by atoms with E-state index in [-0.39, 0.29) is 0 Å². The minimum Gasteiger partial charge on any atom is -0.368 e. The molecule has 82 valence electrons. The molecule has 0 radical (unpaired) electrons. The summed E-state index contributed by atoms with van der Waals surface area (Å²) >= 11 is 0. The van der Waals surface area contributed by atoms with Crippen LogP contribution in [0.3, 0.4) is 0 Å². The average Bonchev–Trinajstić information content (AvgIpc) is 2.18. The Bertz CT molecular complexity index is 192. The molecule has 1 rings (SSSR count). The molecule has 0 bridgehead atoms. The third kappa shape index (κ3) is 2.81. The summed E-state index contributed by atoms with van der Waals surface area (Å²) in [6, 6.07) is 0. The second kappa shape index (κ2) is 4.92. The summed E-state index contributed by atoms with van der Waals surface area (Å²) in [5, 5.41) is 0. The Morgan fingerprint density at radius 3 is 2.71 bits per heavy atom. The number of carbonyl (C=O) groups excluding carboxylic acids is 1. The van der Waals surface area contributed by atoms with Crippen LogP contribution in [0.15, 0.2) is 0 Å². The molecule has 0 amide bonds. The van der Waals surface area contributed by atoms with Crippen molar-refractivity contribution in [2.75, 3.05) is 6.61 Å². The van der Waals surface area contributed by atoms with Crippen molar-refractivity contribution in [1.82, 2.24) is 0 Å². The highest BCUT2D eigenvalue weighted by atomic mass is 16.5. The molecule has 1 aliphatic heterocycles. The number of rotatable bonds is 4. The third-order valence-electron chi connectivity index (χ3n) is 3.29. The summed E-state index contributed by atoms with van der Waals surface area (Å²) < 4.78 is 5.62. The topological polar surface area (TPSA) is 26.3 Å². The number of ketones is 1. The Morgan fingerprint density at radius 1 is 1.50 bits per heavy atom. The van der Waals surface area contributed by atoms with Gasteiger partial charge >= 0.3 is 0 Å². The normalized spacial score (nSPS) is 29.9. The predicted molar refractivity (Wildman–Crippen MR) is 57.3 cm³/mol. The number of hydrogen-bond acceptors (Lipinski definition) is 2. The maximum absolute atomic E-state index is 12.0. The molecule has 0 aromatic carbocycles. The first-order valence-corrected chi connectivity index (χ1v) is 5.75. The van der Waals surface area contributed by atoms with Crippen molar-refractivity contribution < 1.29 is 9.53 Å². The highest BCUT2D eigenvalue weighted by molar-refractivity contribution is 5.87. The Hall–Kier alpha value is -0.370. The van der Waals surface area contributed by atoms with Gasteiger partial charge in [0.2, 0.25) is 0 Å². The van der Waals surface area contributed by atoms with E-state index in [1.807, 2.05) is 6.92 Å². The predicted octanol–water partition coefficient (Wildman–Crippen LogP) is 2.95. The largest absolute Gasteiger partial charge is 0.368 e. The molecule has 0 aromatic heterocycles. The molecule has 0 N–H and O–H groups in total. The summed E-state index contributed by atoms with van der Waals surface area (Å²) in [5.41, 5.74) is -0.471. The molecule has 0 aromatic rings. The zero-order chi connectivity index (χ0) is 10.6. The molecule has 2 nitrogen and oxygen atoms in total. The first kappa shape index (κ1) is 11.7. The van der Waals surface area contributed by atoms with Gasteiger partial charge in [0.05, 0.1) is 0 Å². The van der Waals surface area contributed by atoms with E-state index >= 15 is 0 Å². The van der Waals surface area contributed by atoms with Gasteiger partial charge in [-0.15, -0.1) is 0 Å². The van der Waals surface area contributed by atoms with Crippen molar-refractivity contribution in [3.63, 3.8) is 0 Å². The van der Waals surface area contributed by atoms with Crippen molar-refractivity contribution in [1.29, 1.82) is 0 Å². The molecule has 1 saturated heterocycles. The van der Waals surface area contributed by atoms with Crippen LogP contribution in [0.1, 0.15) is 52.9 Å². The minimum atomic E-state index is -0.471. The van der Waals surface area contributed by atoms with Crippen molar-refractivity contribution in [3.05, 3.63) is 0 Å². The molecular weight excluding hydrogens is 176 g/mol. The average molecular weight is 198 g/mol. The Labute approximate surface area is 87.0 Å². The molecule has 2 heteroatoms. The molecule has 14 heavy (non-hydrogen) atoms. The van der Waals surface area contributed by atoms with Crippen LogP contribution < -0.4 is 0 Å². The fraction of sp³-hybridized carbons (Fsp3) is 0.917. The second-order valence-corrected chi connectivity index (χ2v) is 4.68. The lowest BCUT2D eigenvalue weighted by atomic mass is 9.86. The van der Waals surface area contributed by atoms with Crippen molar-refractivity contribution in [2.45, 2.75) is 58.5 Å². The van der Waals surface area contributed by atoms with Gasteiger partial charge in [-0.1, -0.05) is 20.3 Å². The number of carbonyl (C=O) groups is 1. The van der Waals surface area contributed by atoms with Crippen molar-refractivity contribution in [2.24, 2.45) is 5.92 Å². The summed E-state index contributed by atoms with van der Waals surface area (Å²) in [7, 11) is 0. The Morgan fingerprint density at radius 2 is 2.21 bits per heavy atom. The highest BCUT2D eigenvalue weighted by Gasteiger charge is 2.35. The Kier molecular flexibility index (Phi) is 4.11. The van der Waals surface area contributed by atoms with Crippen LogP contribution in [-0.2, 0) is 9.53 Å². The lowest BCUT2D eigenvalue weighted by Gasteiger charge is -2.33. The van der Waals surface area contributed by atoms with Crippen LogP contribution in [0.5, 0.6) is 0 Å². The van der Waals surface area contributed by atoms with Gasteiger partial charge < -0.3 is 4.74 Å². The molecule has 2 atom stereocenters. The third-order valence-corrected chi connectivity index (χ3v) is 3.29. The van der Waals surface area contributed by atoms with Gasteiger partial charge in [-0.25, -0.2) is 0 Å². The van der Waals surface area contributed by atoms with Gasteiger partial charge in [-0.3, -0.25) is 4.79 Å².